The number of aromatic nitrogens is 4. The zero-order valence-electron chi connectivity index (χ0n) is 16.2. The van der Waals surface area contributed by atoms with Crippen molar-refractivity contribution in [2.75, 3.05) is 5.43 Å². The van der Waals surface area contributed by atoms with Crippen LogP contribution in [-0.2, 0) is 13.6 Å². The minimum absolute atomic E-state index is 0.0937. The number of phenols is 2. The summed E-state index contributed by atoms with van der Waals surface area (Å²) < 4.78 is 16.0. The molecule has 0 bridgehead atoms. The Kier molecular flexibility index (Phi) is 4.99. The van der Waals surface area contributed by atoms with Gasteiger partial charge in [0, 0.05) is 18.7 Å². The third-order valence-electron chi connectivity index (χ3n) is 4.64. The maximum atomic E-state index is 13.3. The van der Waals surface area contributed by atoms with Crippen molar-refractivity contribution in [3.8, 4) is 11.5 Å². The Balaban J connectivity index is 1.77. The van der Waals surface area contributed by atoms with Crippen LogP contribution in [0.25, 0.3) is 11.2 Å². The molecule has 0 aliphatic rings. The summed E-state index contributed by atoms with van der Waals surface area (Å²) in [5.41, 5.74) is 2.76. The lowest BCUT2D eigenvalue weighted by Crippen LogP contribution is -2.29. The first-order valence-electron chi connectivity index (χ1n) is 9.08. The number of halogens is 1. The molecule has 4 rings (SSSR count). The summed E-state index contributed by atoms with van der Waals surface area (Å²) in [6.45, 7) is 0.153. The maximum absolute atomic E-state index is 13.3. The van der Waals surface area contributed by atoms with E-state index in [9.17, 15) is 24.2 Å². The monoisotopic (exact) mass is 424 g/mol. The van der Waals surface area contributed by atoms with Gasteiger partial charge in [-0.3, -0.25) is 18.9 Å². The van der Waals surface area contributed by atoms with E-state index in [1.807, 2.05) is 0 Å². The zero-order chi connectivity index (χ0) is 22.1. The van der Waals surface area contributed by atoms with Crippen LogP contribution in [0.1, 0.15) is 11.1 Å². The number of rotatable bonds is 5. The number of nitrogens with zero attached hydrogens (tertiary/aromatic N) is 4. The third kappa shape index (κ3) is 3.88. The summed E-state index contributed by atoms with van der Waals surface area (Å²) in [5.74, 6) is -0.510. The molecule has 0 aliphatic heterocycles. The molecule has 0 spiro atoms. The average Bonchev–Trinajstić information content (AvgIpc) is 3.08. The van der Waals surface area contributed by atoms with Gasteiger partial charge < -0.3 is 10.2 Å². The summed E-state index contributed by atoms with van der Waals surface area (Å²) in [7, 11) is 1.47. The molecule has 2 aromatic heterocycles. The Morgan fingerprint density at radius 2 is 1.94 bits per heavy atom. The lowest BCUT2D eigenvalue weighted by molar-refractivity contribution is 0.450. The number of imidazole rings is 1. The van der Waals surface area contributed by atoms with E-state index < -0.39 is 17.1 Å². The molecule has 11 heteroatoms. The lowest BCUT2D eigenvalue weighted by Gasteiger charge is -2.08. The smallest absolute Gasteiger partial charge is 0.329 e. The number of phenolic OH excluding ortho intramolecular Hbond substituents is 2. The van der Waals surface area contributed by atoms with E-state index in [-0.39, 0.29) is 35.2 Å². The first-order valence-corrected chi connectivity index (χ1v) is 9.08. The van der Waals surface area contributed by atoms with E-state index in [4.69, 9.17) is 0 Å². The number of benzene rings is 2. The normalized spacial score (nSPS) is 11.4. The summed E-state index contributed by atoms with van der Waals surface area (Å²) in [5, 5.41) is 23.3. The fraction of sp³-hybridized carbons (Fsp3) is 0.100. The number of hydrogen-bond donors (Lipinski definition) is 4. The predicted octanol–water partition coefficient (Wildman–Crippen LogP) is 1.47. The van der Waals surface area contributed by atoms with Crippen molar-refractivity contribution < 1.29 is 14.6 Å². The van der Waals surface area contributed by atoms with Gasteiger partial charge in [-0.05, 0) is 29.8 Å². The van der Waals surface area contributed by atoms with E-state index in [1.54, 1.807) is 12.1 Å². The highest BCUT2D eigenvalue weighted by Gasteiger charge is 2.17. The summed E-state index contributed by atoms with van der Waals surface area (Å²) >= 11 is 0. The molecule has 0 atom stereocenters. The molecule has 31 heavy (non-hydrogen) atoms. The first kappa shape index (κ1) is 19.9. The molecule has 0 aliphatic carbocycles. The molecule has 4 N–H and O–H groups in total. The first-order chi connectivity index (χ1) is 14.8. The van der Waals surface area contributed by atoms with Crippen molar-refractivity contribution in [1.82, 2.24) is 19.1 Å². The van der Waals surface area contributed by atoms with Crippen LogP contribution in [-0.4, -0.2) is 35.5 Å². The molecule has 158 valence electrons. The van der Waals surface area contributed by atoms with Gasteiger partial charge in [-0.15, -0.1) is 0 Å². The van der Waals surface area contributed by atoms with Crippen LogP contribution in [0.2, 0.25) is 0 Å². The second-order valence-corrected chi connectivity index (χ2v) is 6.75. The molecule has 10 nitrogen and oxygen atoms in total. The molecular formula is C20H17FN6O4. The van der Waals surface area contributed by atoms with Gasteiger partial charge in [0.05, 0.1) is 12.8 Å². The Bertz CT molecular complexity index is 1420. The Labute approximate surface area is 173 Å². The average molecular weight is 424 g/mol. The number of hydrogen-bond acceptors (Lipinski definition) is 7. The minimum atomic E-state index is -0.624. The number of anilines is 1. The predicted molar refractivity (Wildman–Crippen MR) is 112 cm³/mol. The molecule has 0 radical (unpaired) electrons. The Morgan fingerprint density at radius 1 is 1.19 bits per heavy atom. The number of H-pyrrole nitrogens is 1. The van der Waals surface area contributed by atoms with Gasteiger partial charge in [0.2, 0.25) is 5.95 Å². The van der Waals surface area contributed by atoms with Crippen LogP contribution in [0, 0.1) is 5.82 Å². The second kappa shape index (κ2) is 7.78. The number of aromatic hydroxyl groups is 2. The number of fused-ring (bicyclic) bond motifs is 1. The molecule has 4 aromatic rings. The van der Waals surface area contributed by atoms with E-state index in [0.717, 1.165) is 0 Å². The van der Waals surface area contributed by atoms with E-state index in [2.05, 4.69) is 20.5 Å². The highest BCUT2D eigenvalue weighted by atomic mass is 19.1. The maximum Gasteiger partial charge on any atom is 0.329 e. The number of aromatic amines is 1. The van der Waals surface area contributed by atoms with Crippen LogP contribution in [0.5, 0.6) is 11.5 Å². The van der Waals surface area contributed by atoms with Gasteiger partial charge in [0.15, 0.2) is 11.2 Å². The van der Waals surface area contributed by atoms with Crippen molar-refractivity contribution >= 4 is 23.3 Å². The van der Waals surface area contributed by atoms with Crippen LogP contribution >= 0.6 is 0 Å². The van der Waals surface area contributed by atoms with Gasteiger partial charge in [-0.25, -0.2) is 14.6 Å². The fourth-order valence-electron chi connectivity index (χ4n) is 3.05. The molecule has 0 saturated carbocycles. The third-order valence-corrected chi connectivity index (χ3v) is 4.64. The van der Waals surface area contributed by atoms with E-state index >= 15 is 0 Å². The van der Waals surface area contributed by atoms with Gasteiger partial charge >= 0.3 is 5.69 Å². The standard InChI is InChI=1S/C20H17FN6O4/c1-26-17-16(18(30)24-20(26)31)27(10-11-2-5-13(21)6-3-11)19(23-17)25-22-9-12-4-7-14(28)8-15(12)29/h2-9,28-29H,10H2,1H3,(H,23,25)(H,24,30,31)/b22-9+. The largest absolute Gasteiger partial charge is 0.508 e. The van der Waals surface area contributed by atoms with E-state index in [1.165, 1.54) is 52.7 Å². The van der Waals surface area contributed by atoms with Gasteiger partial charge in [-0.1, -0.05) is 12.1 Å². The molecular weight excluding hydrogens is 407 g/mol. The van der Waals surface area contributed by atoms with Gasteiger partial charge in [0.25, 0.3) is 5.56 Å². The topological polar surface area (TPSA) is 138 Å². The van der Waals surface area contributed by atoms with Crippen molar-refractivity contribution in [2.24, 2.45) is 12.1 Å². The number of nitrogens with one attached hydrogen (secondary N) is 2. The van der Waals surface area contributed by atoms with Gasteiger partial charge in [0.1, 0.15) is 17.3 Å². The van der Waals surface area contributed by atoms with Crippen LogP contribution < -0.4 is 16.7 Å². The highest BCUT2D eigenvalue weighted by Crippen LogP contribution is 2.21. The molecule has 0 unspecified atom stereocenters. The number of hydrazone groups is 1. The fourth-order valence-corrected chi connectivity index (χ4v) is 3.05. The minimum Gasteiger partial charge on any atom is -0.508 e. The van der Waals surface area contributed by atoms with Gasteiger partial charge in [-0.2, -0.15) is 10.1 Å². The molecule has 0 saturated heterocycles. The summed E-state index contributed by atoms with van der Waals surface area (Å²) in [6.07, 6.45) is 1.31. The molecule has 0 amide bonds. The van der Waals surface area contributed by atoms with Crippen molar-refractivity contribution in [1.29, 1.82) is 0 Å². The Morgan fingerprint density at radius 3 is 2.65 bits per heavy atom. The van der Waals surface area contributed by atoms with Crippen LogP contribution in [0.15, 0.2) is 57.2 Å². The summed E-state index contributed by atoms with van der Waals surface area (Å²) in [4.78, 5) is 31.0. The quantitative estimate of drug-likeness (QED) is 0.283. The number of aryl methyl sites for hydroxylation is 1. The second-order valence-electron chi connectivity index (χ2n) is 6.75. The Hall–Kier alpha value is -4.41. The summed E-state index contributed by atoms with van der Waals surface area (Å²) in [6, 6.07) is 9.75. The van der Waals surface area contributed by atoms with Crippen LogP contribution in [0.3, 0.4) is 0 Å². The SMILES string of the molecule is Cn1c(=O)[nH]c(=O)c2c1nc(N/N=C/c1ccc(O)cc1O)n2Cc1ccc(F)cc1. The highest BCUT2D eigenvalue weighted by molar-refractivity contribution is 5.84. The van der Waals surface area contributed by atoms with E-state index in [0.29, 0.717) is 11.1 Å². The van der Waals surface area contributed by atoms with Crippen molar-refractivity contribution in [2.45, 2.75) is 6.54 Å². The zero-order valence-corrected chi connectivity index (χ0v) is 16.2. The molecule has 2 aromatic carbocycles. The van der Waals surface area contributed by atoms with Crippen molar-refractivity contribution in [3.63, 3.8) is 0 Å². The molecule has 0 fully saturated rings. The van der Waals surface area contributed by atoms with Crippen LogP contribution in [0.4, 0.5) is 10.3 Å². The lowest BCUT2D eigenvalue weighted by atomic mass is 10.2. The molecule has 2 heterocycles. The van der Waals surface area contributed by atoms with Crippen molar-refractivity contribution in [3.05, 3.63) is 80.2 Å².